The van der Waals surface area contributed by atoms with E-state index in [0.29, 0.717) is 5.39 Å². The summed E-state index contributed by atoms with van der Waals surface area (Å²) < 4.78 is 19.4. The number of nitrogens with zero attached hydrogens (tertiary/aromatic N) is 1. The monoisotopic (exact) mass is 356 g/mol. The summed E-state index contributed by atoms with van der Waals surface area (Å²) in [7, 11) is 0. The van der Waals surface area contributed by atoms with Gasteiger partial charge in [-0.2, -0.15) is 0 Å². The number of hydrogen-bond acceptors (Lipinski definition) is 5. The van der Waals surface area contributed by atoms with Gasteiger partial charge >= 0.3 is 5.97 Å². The van der Waals surface area contributed by atoms with Crippen LogP contribution in [-0.2, 0) is 4.79 Å². The molecule has 0 saturated heterocycles. The first kappa shape index (κ1) is 17.2. The number of amides is 1. The molecule has 7 nitrogen and oxygen atoms in total. The molecule has 0 spiro atoms. The number of ether oxygens (including phenoxy) is 1. The Hall–Kier alpha value is -3.68. The molecule has 0 atom stereocenters. The zero-order valence-corrected chi connectivity index (χ0v) is 13.3. The average Bonchev–Trinajstić information content (AvgIpc) is 2.63. The molecule has 0 aliphatic rings. The third kappa shape index (κ3) is 3.39. The van der Waals surface area contributed by atoms with E-state index in [4.69, 9.17) is 9.84 Å². The molecule has 26 heavy (non-hydrogen) atoms. The van der Waals surface area contributed by atoms with E-state index in [1.807, 2.05) is 0 Å². The Kier molecular flexibility index (Phi) is 4.66. The number of hydrogen-bond donors (Lipinski definition) is 3. The van der Waals surface area contributed by atoms with Crippen molar-refractivity contribution in [3.8, 4) is 17.4 Å². The Bertz CT molecular complexity index is 1010. The number of aliphatic carboxylic acids is 1. The van der Waals surface area contributed by atoms with Gasteiger partial charge in [0.25, 0.3) is 5.91 Å². The summed E-state index contributed by atoms with van der Waals surface area (Å²) in [4.78, 5) is 26.7. The Morgan fingerprint density at radius 2 is 1.73 bits per heavy atom. The molecule has 3 aromatic rings. The fourth-order valence-corrected chi connectivity index (χ4v) is 2.33. The summed E-state index contributed by atoms with van der Waals surface area (Å²) >= 11 is 0. The molecular weight excluding hydrogens is 343 g/mol. The lowest BCUT2D eigenvalue weighted by Crippen LogP contribution is -2.30. The molecule has 3 rings (SSSR count). The van der Waals surface area contributed by atoms with Gasteiger partial charge in [0.15, 0.2) is 23.0 Å². The topological polar surface area (TPSA) is 109 Å². The number of benzene rings is 2. The zero-order chi connectivity index (χ0) is 18.7. The number of nitrogens with one attached hydrogen (secondary N) is 1. The lowest BCUT2D eigenvalue weighted by molar-refractivity contribution is -0.135. The highest BCUT2D eigenvalue weighted by molar-refractivity contribution is 6.03. The minimum Gasteiger partial charge on any atom is -0.505 e. The van der Waals surface area contributed by atoms with Crippen molar-refractivity contribution in [1.29, 1.82) is 0 Å². The van der Waals surface area contributed by atoms with Crippen LogP contribution in [0.15, 0.2) is 48.5 Å². The molecule has 0 saturated carbocycles. The van der Waals surface area contributed by atoms with Crippen LogP contribution in [0.4, 0.5) is 4.39 Å². The van der Waals surface area contributed by atoms with E-state index < -0.39 is 35.7 Å². The largest absolute Gasteiger partial charge is 0.505 e. The molecule has 1 heterocycles. The molecule has 0 unspecified atom stereocenters. The van der Waals surface area contributed by atoms with Gasteiger partial charge < -0.3 is 20.3 Å². The van der Waals surface area contributed by atoms with Crippen molar-refractivity contribution in [3.05, 3.63) is 60.0 Å². The molecule has 3 N–H and O–H groups in total. The van der Waals surface area contributed by atoms with Crippen LogP contribution in [0.25, 0.3) is 10.8 Å². The van der Waals surface area contributed by atoms with Crippen LogP contribution in [0.1, 0.15) is 10.5 Å². The fraction of sp³-hybridized carbons (Fsp3) is 0.0556. The van der Waals surface area contributed by atoms with Crippen LogP contribution in [0, 0.1) is 5.82 Å². The minimum atomic E-state index is -1.25. The van der Waals surface area contributed by atoms with Crippen molar-refractivity contribution < 1.29 is 28.9 Å². The molecule has 0 aliphatic carbocycles. The predicted octanol–water partition coefficient (Wildman–Crippen LogP) is 2.69. The normalized spacial score (nSPS) is 10.5. The molecule has 2 aromatic carbocycles. The van der Waals surface area contributed by atoms with E-state index in [1.165, 1.54) is 24.3 Å². The Morgan fingerprint density at radius 3 is 2.42 bits per heavy atom. The lowest BCUT2D eigenvalue weighted by Gasteiger charge is -2.13. The molecule has 0 fully saturated rings. The van der Waals surface area contributed by atoms with Gasteiger partial charge in [0.2, 0.25) is 5.88 Å². The summed E-state index contributed by atoms with van der Waals surface area (Å²) in [5.74, 6) is -3.39. The standard InChI is InChI=1S/C18H13FN2O5/c19-12-7-3-4-8-13(12)26-18-11-6-2-1-5-10(11)16(24)15(21-18)17(25)20-9-14(22)23/h1-8,24H,9H2,(H,20,25)(H,22,23). The lowest BCUT2D eigenvalue weighted by atomic mass is 10.1. The third-order valence-electron chi connectivity index (χ3n) is 3.51. The number of carboxylic acid groups (broad SMARTS) is 1. The molecule has 0 bridgehead atoms. The van der Waals surface area contributed by atoms with Gasteiger partial charge in [-0.1, -0.05) is 30.3 Å². The van der Waals surface area contributed by atoms with Crippen molar-refractivity contribution in [1.82, 2.24) is 10.3 Å². The van der Waals surface area contributed by atoms with Crippen LogP contribution in [-0.4, -0.2) is 33.6 Å². The van der Waals surface area contributed by atoms with Gasteiger partial charge in [0.1, 0.15) is 6.54 Å². The maximum absolute atomic E-state index is 13.9. The van der Waals surface area contributed by atoms with Gasteiger partial charge in [-0.15, -0.1) is 0 Å². The molecule has 0 aliphatic heterocycles. The highest BCUT2D eigenvalue weighted by Gasteiger charge is 2.21. The van der Waals surface area contributed by atoms with Crippen LogP contribution in [0.2, 0.25) is 0 Å². The molecule has 0 radical (unpaired) electrons. The van der Waals surface area contributed by atoms with E-state index in [0.717, 1.165) is 0 Å². The molecule has 8 heteroatoms. The second-order valence-electron chi connectivity index (χ2n) is 5.27. The predicted molar refractivity (Wildman–Crippen MR) is 89.9 cm³/mol. The number of rotatable bonds is 5. The van der Waals surface area contributed by atoms with Gasteiger partial charge in [0, 0.05) is 10.8 Å². The van der Waals surface area contributed by atoms with Crippen LogP contribution in [0.5, 0.6) is 17.4 Å². The van der Waals surface area contributed by atoms with E-state index in [-0.39, 0.29) is 17.0 Å². The van der Waals surface area contributed by atoms with E-state index in [9.17, 15) is 19.1 Å². The summed E-state index contributed by atoms with van der Waals surface area (Å²) in [6.45, 7) is -0.643. The molecule has 1 amide bonds. The Morgan fingerprint density at radius 1 is 1.08 bits per heavy atom. The summed E-state index contributed by atoms with van der Waals surface area (Å²) in [5.41, 5.74) is -0.420. The molecule has 1 aromatic heterocycles. The van der Waals surface area contributed by atoms with E-state index in [2.05, 4.69) is 10.3 Å². The first-order valence-electron chi connectivity index (χ1n) is 7.51. The quantitative estimate of drug-likeness (QED) is 0.649. The SMILES string of the molecule is O=C(O)CNC(=O)c1nc(Oc2ccccc2F)c2ccccc2c1O. The van der Waals surface area contributed by atoms with Gasteiger partial charge in [-0.05, 0) is 18.2 Å². The smallest absolute Gasteiger partial charge is 0.322 e. The van der Waals surface area contributed by atoms with Crippen LogP contribution in [0.3, 0.4) is 0 Å². The van der Waals surface area contributed by atoms with Gasteiger partial charge in [-0.3, -0.25) is 9.59 Å². The Balaban J connectivity index is 2.10. The first-order chi connectivity index (χ1) is 12.5. The van der Waals surface area contributed by atoms with Crippen molar-refractivity contribution in [3.63, 3.8) is 0 Å². The number of carbonyl (C=O) groups excluding carboxylic acids is 1. The van der Waals surface area contributed by atoms with E-state index in [1.54, 1.807) is 24.3 Å². The summed E-state index contributed by atoms with van der Waals surface area (Å²) in [5, 5.41) is 21.7. The zero-order valence-electron chi connectivity index (χ0n) is 13.3. The number of halogens is 1. The highest BCUT2D eigenvalue weighted by Crippen LogP contribution is 2.35. The maximum atomic E-state index is 13.9. The van der Waals surface area contributed by atoms with Crippen molar-refractivity contribution in [2.75, 3.05) is 6.54 Å². The van der Waals surface area contributed by atoms with Gasteiger partial charge in [0.05, 0.1) is 0 Å². The molecule has 132 valence electrons. The van der Waals surface area contributed by atoms with E-state index >= 15 is 0 Å². The number of para-hydroxylation sites is 1. The minimum absolute atomic E-state index is 0.0935. The fourth-order valence-electron chi connectivity index (χ4n) is 2.33. The number of carboxylic acids is 1. The second kappa shape index (κ2) is 7.06. The van der Waals surface area contributed by atoms with Gasteiger partial charge in [-0.25, -0.2) is 9.37 Å². The first-order valence-corrected chi connectivity index (χ1v) is 7.51. The van der Waals surface area contributed by atoms with Crippen LogP contribution >= 0.6 is 0 Å². The number of aromatic nitrogens is 1. The second-order valence-corrected chi connectivity index (χ2v) is 5.27. The number of fused-ring (bicyclic) bond motifs is 1. The van der Waals surface area contributed by atoms with Crippen molar-refractivity contribution in [2.45, 2.75) is 0 Å². The number of pyridine rings is 1. The average molecular weight is 356 g/mol. The highest BCUT2D eigenvalue weighted by atomic mass is 19.1. The third-order valence-corrected chi connectivity index (χ3v) is 3.51. The number of aromatic hydroxyl groups is 1. The maximum Gasteiger partial charge on any atom is 0.322 e. The van der Waals surface area contributed by atoms with Crippen LogP contribution < -0.4 is 10.1 Å². The summed E-state index contributed by atoms with van der Waals surface area (Å²) in [6, 6.07) is 12.1. The van der Waals surface area contributed by atoms with Crippen molar-refractivity contribution in [2.24, 2.45) is 0 Å². The Labute approximate surface area is 146 Å². The molecular formula is C18H13FN2O5. The summed E-state index contributed by atoms with van der Waals surface area (Å²) in [6.07, 6.45) is 0. The number of carbonyl (C=O) groups is 2. The van der Waals surface area contributed by atoms with Crippen molar-refractivity contribution >= 4 is 22.6 Å².